The van der Waals surface area contributed by atoms with Gasteiger partial charge in [0.2, 0.25) is 0 Å². The number of benzene rings is 1. The standard InChI is InChI=1S/C15H15F2N3O3/c1-22-14(21)9-4-2-3-8(5-9)10-6-11(7-10)18-15-20-19-13(23-15)12(16)17/h2-5,10-12H,6-7H2,1H3,(H,18,20). The van der Waals surface area contributed by atoms with Gasteiger partial charge in [0.05, 0.1) is 12.7 Å². The zero-order valence-electron chi connectivity index (χ0n) is 12.3. The van der Waals surface area contributed by atoms with Gasteiger partial charge >= 0.3 is 18.4 Å². The van der Waals surface area contributed by atoms with Gasteiger partial charge in [-0.15, -0.1) is 5.10 Å². The van der Waals surface area contributed by atoms with Crippen molar-refractivity contribution in [2.45, 2.75) is 31.2 Å². The van der Waals surface area contributed by atoms with E-state index in [1.807, 2.05) is 18.2 Å². The second-order valence-electron chi connectivity index (χ2n) is 5.37. The SMILES string of the molecule is COC(=O)c1cccc(C2CC(Nc3nnc(C(F)F)o3)C2)c1. The van der Waals surface area contributed by atoms with E-state index in [0.717, 1.165) is 18.4 Å². The number of aromatic nitrogens is 2. The van der Waals surface area contributed by atoms with E-state index >= 15 is 0 Å². The van der Waals surface area contributed by atoms with Crippen molar-refractivity contribution in [2.24, 2.45) is 0 Å². The summed E-state index contributed by atoms with van der Waals surface area (Å²) in [5.41, 5.74) is 1.56. The number of esters is 1. The number of anilines is 1. The molecule has 8 heteroatoms. The maximum atomic E-state index is 12.4. The van der Waals surface area contributed by atoms with Gasteiger partial charge in [0.1, 0.15) is 0 Å². The monoisotopic (exact) mass is 323 g/mol. The molecule has 1 N–H and O–H groups in total. The molecule has 0 unspecified atom stereocenters. The Morgan fingerprint density at radius 2 is 2.17 bits per heavy atom. The quantitative estimate of drug-likeness (QED) is 0.852. The molecule has 1 saturated carbocycles. The van der Waals surface area contributed by atoms with Crippen molar-refractivity contribution >= 4 is 12.0 Å². The number of ether oxygens (including phenoxy) is 1. The minimum atomic E-state index is -2.77. The van der Waals surface area contributed by atoms with Gasteiger partial charge in [-0.25, -0.2) is 4.79 Å². The average Bonchev–Trinajstić information content (AvgIpc) is 2.98. The van der Waals surface area contributed by atoms with E-state index < -0.39 is 12.3 Å². The molecule has 1 aromatic heterocycles. The molecule has 1 fully saturated rings. The molecule has 1 aromatic carbocycles. The first-order chi connectivity index (χ1) is 11.1. The highest BCUT2D eigenvalue weighted by Crippen LogP contribution is 2.38. The number of hydrogen-bond acceptors (Lipinski definition) is 6. The maximum absolute atomic E-state index is 12.4. The topological polar surface area (TPSA) is 77.2 Å². The minimum Gasteiger partial charge on any atom is -0.465 e. The molecule has 6 nitrogen and oxygen atoms in total. The molecule has 0 saturated heterocycles. The molecule has 1 aliphatic rings. The Kier molecular flexibility index (Phi) is 4.22. The molecule has 0 bridgehead atoms. The molecule has 0 atom stereocenters. The van der Waals surface area contributed by atoms with Crippen LogP contribution in [-0.4, -0.2) is 29.3 Å². The third-order valence-electron chi connectivity index (χ3n) is 3.87. The van der Waals surface area contributed by atoms with E-state index in [4.69, 9.17) is 9.15 Å². The lowest BCUT2D eigenvalue weighted by atomic mass is 9.75. The largest absolute Gasteiger partial charge is 0.465 e. The van der Waals surface area contributed by atoms with Gasteiger partial charge in [-0.3, -0.25) is 0 Å². The fourth-order valence-electron chi connectivity index (χ4n) is 2.60. The highest BCUT2D eigenvalue weighted by atomic mass is 19.3. The maximum Gasteiger partial charge on any atom is 0.337 e. The smallest absolute Gasteiger partial charge is 0.337 e. The number of nitrogens with one attached hydrogen (secondary N) is 1. The highest BCUT2D eigenvalue weighted by molar-refractivity contribution is 5.89. The number of halogens is 2. The summed E-state index contributed by atoms with van der Waals surface area (Å²) in [7, 11) is 1.34. The molecule has 3 rings (SSSR count). The number of hydrogen-bond donors (Lipinski definition) is 1. The molecule has 2 aromatic rings. The lowest BCUT2D eigenvalue weighted by Crippen LogP contribution is -2.34. The Morgan fingerprint density at radius 3 is 2.83 bits per heavy atom. The Morgan fingerprint density at radius 1 is 1.39 bits per heavy atom. The van der Waals surface area contributed by atoms with Crippen LogP contribution in [0.3, 0.4) is 0 Å². The van der Waals surface area contributed by atoms with Crippen LogP contribution < -0.4 is 5.32 Å². The van der Waals surface area contributed by atoms with Crippen molar-refractivity contribution < 1.29 is 22.7 Å². The number of rotatable bonds is 5. The Labute approximate surface area is 130 Å². The second kappa shape index (κ2) is 6.31. The van der Waals surface area contributed by atoms with Crippen LogP contribution in [0.1, 0.15) is 47.0 Å². The molecular weight excluding hydrogens is 308 g/mol. The fraction of sp³-hybridized carbons (Fsp3) is 0.400. The van der Waals surface area contributed by atoms with Crippen molar-refractivity contribution in [3.63, 3.8) is 0 Å². The van der Waals surface area contributed by atoms with Gasteiger partial charge in [0.15, 0.2) is 0 Å². The van der Waals surface area contributed by atoms with E-state index in [0.29, 0.717) is 5.56 Å². The van der Waals surface area contributed by atoms with Crippen LogP contribution in [0.25, 0.3) is 0 Å². The summed E-state index contributed by atoms with van der Waals surface area (Å²) in [4.78, 5) is 11.5. The van der Waals surface area contributed by atoms with Gasteiger partial charge in [0, 0.05) is 6.04 Å². The first kappa shape index (κ1) is 15.4. The van der Waals surface area contributed by atoms with E-state index in [1.165, 1.54) is 7.11 Å². The molecular formula is C15H15F2N3O3. The van der Waals surface area contributed by atoms with Gasteiger partial charge < -0.3 is 14.5 Å². The van der Waals surface area contributed by atoms with Crippen LogP contribution in [-0.2, 0) is 4.74 Å². The molecule has 0 aliphatic heterocycles. The minimum absolute atomic E-state index is 0.00654. The predicted molar refractivity (Wildman–Crippen MR) is 76.4 cm³/mol. The summed E-state index contributed by atoms with van der Waals surface area (Å²) in [6.07, 6.45) is -1.19. The Hall–Kier alpha value is -2.51. The number of nitrogens with zero attached hydrogens (tertiary/aromatic N) is 2. The summed E-state index contributed by atoms with van der Waals surface area (Å²) in [6, 6.07) is 7.37. The first-order valence-corrected chi connectivity index (χ1v) is 7.13. The molecule has 0 amide bonds. The fourth-order valence-corrected chi connectivity index (χ4v) is 2.60. The van der Waals surface area contributed by atoms with Gasteiger partial charge in [0.25, 0.3) is 5.89 Å². The molecule has 0 radical (unpaired) electrons. The summed E-state index contributed by atoms with van der Waals surface area (Å²) >= 11 is 0. The van der Waals surface area contributed by atoms with Crippen molar-refractivity contribution in [3.05, 3.63) is 41.3 Å². The van der Waals surface area contributed by atoms with E-state index in [-0.39, 0.29) is 23.9 Å². The number of carbonyl (C=O) groups is 1. The average molecular weight is 323 g/mol. The second-order valence-corrected chi connectivity index (χ2v) is 5.37. The first-order valence-electron chi connectivity index (χ1n) is 7.13. The van der Waals surface area contributed by atoms with Crippen molar-refractivity contribution in [1.29, 1.82) is 0 Å². The van der Waals surface area contributed by atoms with E-state index in [1.54, 1.807) is 6.07 Å². The predicted octanol–water partition coefficient (Wildman–Crippen LogP) is 3.15. The number of alkyl halides is 2. The summed E-state index contributed by atoms with van der Waals surface area (Å²) in [6.45, 7) is 0. The summed E-state index contributed by atoms with van der Waals surface area (Å²) in [5, 5.41) is 9.74. The number of carbonyl (C=O) groups excluding carboxylic acids is 1. The van der Waals surface area contributed by atoms with Gasteiger partial charge in [-0.1, -0.05) is 17.2 Å². The summed E-state index contributed by atoms with van der Waals surface area (Å²) < 4.78 is 34.3. The molecule has 122 valence electrons. The molecule has 0 spiro atoms. The third-order valence-corrected chi connectivity index (χ3v) is 3.87. The Balaban J connectivity index is 1.57. The van der Waals surface area contributed by atoms with Crippen LogP contribution in [0.15, 0.2) is 28.7 Å². The molecule has 1 aliphatic carbocycles. The van der Waals surface area contributed by atoms with Crippen molar-refractivity contribution in [2.75, 3.05) is 12.4 Å². The van der Waals surface area contributed by atoms with Crippen molar-refractivity contribution in [1.82, 2.24) is 10.2 Å². The van der Waals surface area contributed by atoms with Crippen LogP contribution in [0.4, 0.5) is 14.8 Å². The van der Waals surface area contributed by atoms with Crippen LogP contribution in [0.2, 0.25) is 0 Å². The summed E-state index contributed by atoms with van der Waals surface area (Å²) in [5.74, 6) is -0.769. The zero-order chi connectivity index (χ0) is 16.4. The van der Waals surface area contributed by atoms with E-state index in [9.17, 15) is 13.6 Å². The third kappa shape index (κ3) is 3.30. The number of methoxy groups -OCH3 is 1. The van der Waals surface area contributed by atoms with Crippen molar-refractivity contribution in [3.8, 4) is 0 Å². The molecule has 1 heterocycles. The van der Waals surface area contributed by atoms with Gasteiger partial charge in [-0.05, 0) is 36.5 Å². The lowest BCUT2D eigenvalue weighted by molar-refractivity contribution is 0.0600. The van der Waals surface area contributed by atoms with Crippen LogP contribution in [0.5, 0.6) is 0 Å². The normalized spacial score (nSPS) is 20.2. The van der Waals surface area contributed by atoms with Crippen LogP contribution >= 0.6 is 0 Å². The zero-order valence-corrected chi connectivity index (χ0v) is 12.3. The highest BCUT2D eigenvalue weighted by Gasteiger charge is 2.32. The van der Waals surface area contributed by atoms with Crippen LogP contribution in [0, 0.1) is 0 Å². The Bertz CT molecular complexity index is 699. The lowest BCUT2D eigenvalue weighted by Gasteiger charge is -2.35. The van der Waals surface area contributed by atoms with Gasteiger partial charge in [-0.2, -0.15) is 8.78 Å². The van der Waals surface area contributed by atoms with E-state index in [2.05, 4.69) is 15.5 Å². The molecule has 23 heavy (non-hydrogen) atoms.